The van der Waals surface area contributed by atoms with Crippen molar-refractivity contribution in [2.45, 2.75) is 32.8 Å². The summed E-state index contributed by atoms with van der Waals surface area (Å²) in [5, 5.41) is 0. The van der Waals surface area contributed by atoms with Crippen LogP contribution in [0.3, 0.4) is 0 Å². The van der Waals surface area contributed by atoms with Gasteiger partial charge in [-0.05, 0) is 26.7 Å². The highest BCUT2D eigenvalue weighted by atomic mass is 127. The molecule has 4 heteroatoms. The summed E-state index contributed by atoms with van der Waals surface area (Å²) in [7, 11) is 0. The van der Waals surface area contributed by atoms with Crippen LogP contribution >= 0.6 is 22.9 Å². The average molecular weight is 324 g/mol. The predicted molar refractivity (Wildman–Crippen MR) is 71.8 cm³/mol. The Balaban J connectivity index is 2.20. The largest absolute Gasteiger partial charge is 0.377 e. The Hall–Kier alpha value is 0.0300. The molecule has 15 heavy (non-hydrogen) atoms. The summed E-state index contributed by atoms with van der Waals surface area (Å²) in [5.74, 6) is 1.13. The molecule has 0 N–H and O–H groups in total. The minimum Gasteiger partial charge on any atom is -0.377 e. The normalized spacial score (nSPS) is 16.1. The number of hydrogen-bond acceptors (Lipinski definition) is 3. The molecule has 0 amide bonds. The van der Waals surface area contributed by atoms with Crippen molar-refractivity contribution in [2.24, 2.45) is 0 Å². The second-order valence-corrected chi connectivity index (χ2v) is 5.28. The molecule has 0 aromatic rings. The van der Waals surface area contributed by atoms with Gasteiger partial charge in [0.2, 0.25) is 0 Å². The van der Waals surface area contributed by atoms with Crippen LogP contribution in [-0.4, -0.2) is 40.4 Å². The zero-order valence-electron chi connectivity index (χ0n) is 9.71. The molecule has 0 atom stereocenters. The van der Waals surface area contributed by atoms with Crippen molar-refractivity contribution in [1.82, 2.24) is 8.01 Å². The van der Waals surface area contributed by atoms with Crippen LogP contribution in [0, 0.1) is 0 Å². The third-order valence-corrected chi connectivity index (χ3v) is 3.53. The van der Waals surface area contributed by atoms with Gasteiger partial charge in [0, 0.05) is 13.1 Å². The Morgan fingerprint density at radius 1 is 1.47 bits per heavy atom. The minimum absolute atomic E-state index is 0.315. The van der Waals surface area contributed by atoms with Gasteiger partial charge in [-0.15, -0.1) is 0 Å². The molecule has 1 saturated heterocycles. The van der Waals surface area contributed by atoms with E-state index >= 15 is 0 Å². The van der Waals surface area contributed by atoms with Crippen molar-refractivity contribution >= 4 is 22.9 Å². The molecule has 0 saturated carbocycles. The van der Waals surface area contributed by atoms with Gasteiger partial charge in [0.25, 0.3) is 0 Å². The van der Waals surface area contributed by atoms with E-state index in [2.05, 4.69) is 51.3 Å². The molecular formula is C11H21IN2O. The van der Waals surface area contributed by atoms with Crippen LogP contribution in [0.15, 0.2) is 12.4 Å². The van der Waals surface area contributed by atoms with E-state index in [9.17, 15) is 0 Å². The lowest BCUT2D eigenvalue weighted by molar-refractivity contribution is 0.0746. The van der Waals surface area contributed by atoms with Gasteiger partial charge in [0.05, 0.1) is 42.1 Å². The average Bonchev–Trinajstić information content (AvgIpc) is 2.68. The van der Waals surface area contributed by atoms with Gasteiger partial charge in [0.1, 0.15) is 5.82 Å². The van der Waals surface area contributed by atoms with Crippen LogP contribution in [0.4, 0.5) is 0 Å². The first kappa shape index (κ1) is 13.1. The fourth-order valence-electron chi connectivity index (χ4n) is 1.63. The number of hydrogen-bond donors (Lipinski definition) is 0. The van der Waals surface area contributed by atoms with Gasteiger partial charge in [-0.25, -0.2) is 0 Å². The highest BCUT2D eigenvalue weighted by molar-refractivity contribution is 14.1. The van der Waals surface area contributed by atoms with Crippen LogP contribution in [0.1, 0.15) is 26.7 Å². The van der Waals surface area contributed by atoms with E-state index in [1.165, 1.54) is 12.8 Å². The first-order valence-corrected chi connectivity index (χ1v) is 6.56. The van der Waals surface area contributed by atoms with Crippen LogP contribution in [0.5, 0.6) is 0 Å². The Morgan fingerprint density at radius 3 is 2.60 bits per heavy atom. The molecule has 88 valence electrons. The maximum absolute atomic E-state index is 5.52. The number of halogens is 1. The molecule has 0 unspecified atom stereocenters. The van der Waals surface area contributed by atoms with Crippen LogP contribution in [-0.2, 0) is 4.74 Å². The van der Waals surface area contributed by atoms with E-state index in [-0.39, 0.29) is 0 Å². The first-order chi connectivity index (χ1) is 7.11. The van der Waals surface area contributed by atoms with Crippen LogP contribution < -0.4 is 0 Å². The van der Waals surface area contributed by atoms with Crippen molar-refractivity contribution in [3.8, 4) is 0 Å². The summed E-state index contributed by atoms with van der Waals surface area (Å²) in [6.07, 6.45) is 2.91. The topological polar surface area (TPSA) is 15.7 Å². The summed E-state index contributed by atoms with van der Waals surface area (Å²) < 4.78 is 7.68. The molecular weight excluding hydrogens is 303 g/mol. The zero-order chi connectivity index (χ0) is 11.3. The third kappa shape index (κ3) is 4.59. The molecule has 0 spiro atoms. The van der Waals surface area contributed by atoms with E-state index in [1.807, 2.05) is 0 Å². The maximum atomic E-state index is 5.52. The Kier molecular flexibility index (Phi) is 5.74. The molecule has 0 aromatic carbocycles. The highest BCUT2D eigenvalue weighted by Crippen LogP contribution is 2.19. The van der Waals surface area contributed by atoms with Gasteiger partial charge < -0.3 is 9.64 Å². The number of nitrogens with zero attached hydrogens (tertiary/aromatic N) is 2. The molecule has 0 aliphatic carbocycles. The first-order valence-electron chi connectivity index (χ1n) is 5.60. The number of rotatable bonds is 6. The predicted octanol–water partition coefficient (Wildman–Crippen LogP) is 2.63. The summed E-state index contributed by atoms with van der Waals surface area (Å²) in [5.41, 5.74) is 0. The molecule has 0 bridgehead atoms. The quantitative estimate of drug-likeness (QED) is 0.552. The summed E-state index contributed by atoms with van der Waals surface area (Å²) in [6, 6.07) is 0. The Labute approximate surface area is 107 Å². The molecule has 0 radical (unpaired) electrons. The lowest BCUT2D eigenvalue weighted by Crippen LogP contribution is -2.29. The van der Waals surface area contributed by atoms with Gasteiger partial charge in [-0.3, -0.25) is 3.11 Å². The van der Waals surface area contributed by atoms with Crippen molar-refractivity contribution in [1.29, 1.82) is 0 Å². The fourth-order valence-corrected chi connectivity index (χ4v) is 2.13. The highest BCUT2D eigenvalue weighted by Gasteiger charge is 2.16. The monoisotopic (exact) mass is 324 g/mol. The molecule has 1 heterocycles. The number of likely N-dealkylation sites (tertiary alicyclic amines) is 1. The van der Waals surface area contributed by atoms with Crippen LogP contribution in [0.25, 0.3) is 0 Å². The fraction of sp³-hybridized carbons (Fsp3) is 0.818. The van der Waals surface area contributed by atoms with Crippen molar-refractivity contribution in [3.05, 3.63) is 12.4 Å². The van der Waals surface area contributed by atoms with Gasteiger partial charge in [-0.2, -0.15) is 0 Å². The van der Waals surface area contributed by atoms with Gasteiger partial charge in [-0.1, -0.05) is 6.58 Å². The standard InChI is InChI=1S/C11H21IN2O/c1-10(2)15-9-8-14(12)11(3)13-6-4-5-7-13/h10H,3-9H2,1-2H3. The summed E-state index contributed by atoms with van der Waals surface area (Å²) in [6.45, 7) is 12.2. The third-order valence-electron chi connectivity index (χ3n) is 2.49. The van der Waals surface area contributed by atoms with Crippen molar-refractivity contribution in [3.63, 3.8) is 0 Å². The Morgan fingerprint density at radius 2 is 2.07 bits per heavy atom. The second-order valence-electron chi connectivity index (χ2n) is 4.12. The molecule has 1 aliphatic heterocycles. The zero-order valence-corrected chi connectivity index (χ0v) is 11.9. The SMILES string of the molecule is C=C(N(I)CCOC(C)C)N1CCCC1. The summed E-state index contributed by atoms with van der Waals surface area (Å²) >= 11 is 2.32. The molecule has 1 rings (SSSR count). The van der Waals surface area contributed by atoms with Crippen molar-refractivity contribution in [2.75, 3.05) is 26.2 Å². The van der Waals surface area contributed by atoms with Crippen LogP contribution in [0.2, 0.25) is 0 Å². The van der Waals surface area contributed by atoms with E-state index in [0.717, 1.165) is 32.1 Å². The van der Waals surface area contributed by atoms with E-state index in [4.69, 9.17) is 4.74 Å². The maximum Gasteiger partial charge on any atom is 0.105 e. The lowest BCUT2D eigenvalue weighted by atomic mass is 10.4. The lowest BCUT2D eigenvalue weighted by Gasteiger charge is -2.27. The van der Waals surface area contributed by atoms with E-state index in [0.29, 0.717) is 6.10 Å². The van der Waals surface area contributed by atoms with E-state index in [1.54, 1.807) is 0 Å². The molecule has 3 nitrogen and oxygen atoms in total. The Bertz CT molecular complexity index is 203. The van der Waals surface area contributed by atoms with Gasteiger partial charge in [0.15, 0.2) is 0 Å². The molecule has 1 aliphatic rings. The number of ether oxygens (including phenoxy) is 1. The van der Waals surface area contributed by atoms with Gasteiger partial charge >= 0.3 is 0 Å². The van der Waals surface area contributed by atoms with E-state index < -0.39 is 0 Å². The molecule has 0 aromatic heterocycles. The summed E-state index contributed by atoms with van der Waals surface area (Å²) in [4.78, 5) is 2.35. The second kappa shape index (κ2) is 6.58. The minimum atomic E-state index is 0.315. The molecule has 1 fully saturated rings. The van der Waals surface area contributed by atoms with Crippen molar-refractivity contribution < 1.29 is 4.74 Å². The smallest absolute Gasteiger partial charge is 0.105 e.